The molecule has 0 unspecified atom stereocenters. The largest absolute Gasteiger partial charge is 0.494 e. The van der Waals surface area contributed by atoms with Gasteiger partial charge in [0.1, 0.15) is 11.5 Å². The molecule has 8 nitrogen and oxygen atoms in total. The molecule has 0 bridgehead atoms. The van der Waals surface area contributed by atoms with Gasteiger partial charge in [0.25, 0.3) is 11.6 Å². The maximum Gasteiger partial charge on any atom is 0.281 e. The minimum absolute atomic E-state index is 0.0146. The lowest BCUT2D eigenvalue weighted by Crippen LogP contribution is -2.16. The second kappa shape index (κ2) is 9.16. The van der Waals surface area contributed by atoms with Crippen LogP contribution in [0.1, 0.15) is 29.1 Å². The summed E-state index contributed by atoms with van der Waals surface area (Å²) in [6, 6.07) is 11.5. The number of amides is 1. The van der Waals surface area contributed by atoms with Crippen LogP contribution in [0.25, 0.3) is 10.1 Å². The third-order valence-corrected chi connectivity index (χ3v) is 5.01. The number of hydrogen-bond acceptors (Lipinski definition) is 7. The van der Waals surface area contributed by atoms with Gasteiger partial charge < -0.3 is 9.47 Å². The molecule has 0 saturated heterocycles. The second-order valence-electron chi connectivity index (χ2n) is 5.85. The van der Waals surface area contributed by atoms with E-state index in [2.05, 4.69) is 10.5 Å². The summed E-state index contributed by atoms with van der Waals surface area (Å²) in [7, 11) is 0. The lowest BCUT2D eigenvalue weighted by Gasteiger charge is -2.09. The fraction of sp³-hybridized carbons (Fsp3) is 0.200. The number of nitrogens with zero attached hydrogens (tertiary/aromatic N) is 2. The molecule has 1 aromatic heterocycles. The zero-order valence-electron chi connectivity index (χ0n) is 15.9. The Hall–Kier alpha value is -3.46. The van der Waals surface area contributed by atoms with Crippen molar-refractivity contribution >= 4 is 39.2 Å². The lowest BCUT2D eigenvalue weighted by molar-refractivity contribution is -0.384. The van der Waals surface area contributed by atoms with Gasteiger partial charge in [0.15, 0.2) is 0 Å². The molecular weight excluding hydrogens is 394 g/mol. The summed E-state index contributed by atoms with van der Waals surface area (Å²) >= 11 is 1.24. The van der Waals surface area contributed by atoms with Crippen LogP contribution in [-0.2, 0) is 0 Å². The van der Waals surface area contributed by atoms with E-state index in [1.54, 1.807) is 30.3 Å². The minimum atomic E-state index is -0.464. The molecule has 0 saturated carbocycles. The summed E-state index contributed by atoms with van der Waals surface area (Å²) in [5.74, 6) is 0.899. The fourth-order valence-corrected chi connectivity index (χ4v) is 3.56. The number of rotatable bonds is 8. The van der Waals surface area contributed by atoms with Crippen molar-refractivity contribution in [3.05, 3.63) is 63.0 Å². The Balaban J connectivity index is 1.74. The van der Waals surface area contributed by atoms with E-state index in [0.717, 1.165) is 4.70 Å². The van der Waals surface area contributed by atoms with Gasteiger partial charge in [-0.05, 0) is 38.1 Å². The number of carbonyl (C=O) groups is 1. The molecule has 0 fully saturated rings. The standard InChI is InChI=1S/C20H19N3O5S/c1-3-27-16-7-5-13(17(11-16)28-4-2)12-21-22-20(24)19-10-14-9-15(23(25)26)6-8-18(14)29-19/h5-12H,3-4H2,1-2H3,(H,22,24). The number of nitro groups is 1. The first-order valence-corrected chi connectivity index (χ1v) is 9.74. The van der Waals surface area contributed by atoms with Gasteiger partial charge >= 0.3 is 0 Å². The Morgan fingerprint density at radius 1 is 1.17 bits per heavy atom. The van der Waals surface area contributed by atoms with Crippen LogP contribution in [0.2, 0.25) is 0 Å². The molecule has 0 aliphatic heterocycles. The molecule has 0 radical (unpaired) electrons. The molecule has 1 amide bonds. The molecule has 2 aromatic carbocycles. The number of benzene rings is 2. The van der Waals surface area contributed by atoms with Gasteiger partial charge in [0.05, 0.1) is 29.2 Å². The zero-order valence-corrected chi connectivity index (χ0v) is 16.7. The maximum atomic E-state index is 12.4. The van der Waals surface area contributed by atoms with Gasteiger partial charge in [-0.2, -0.15) is 5.10 Å². The fourth-order valence-electron chi connectivity index (χ4n) is 2.63. The Kier molecular flexibility index (Phi) is 6.40. The number of hydrogen-bond donors (Lipinski definition) is 1. The highest BCUT2D eigenvalue weighted by atomic mass is 32.1. The first kappa shape index (κ1) is 20.3. The van der Waals surface area contributed by atoms with Crippen molar-refractivity contribution in [3.63, 3.8) is 0 Å². The summed E-state index contributed by atoms with van der Waals surface area (Å²) in [5.41, 5.74) is 3.16. The predicted molar refractivity (Wildman–Crippen MR) is 112 cm³/mol. The van der Waals surface area contributed by atoms with Crippen molar-refractivity contribution in [2.45, 2.75) is 13.8 Å². The highest BCUT2D eigenvalue weighted by Crippen LogP contribution is 2.29. The smallest absolute Gasteiger partial charge is 0.281 e. The van der Waals surface area contributed by atoms with Crippen LogP contribution in [0.4, 0.5) is 5.69 Å². The number of ether oxygens (including phenoxy) is 2. The number of hydrazone groups is 1. The Labute approximate surface area is 170 Å². The highest BCUT2D eigenvalue weighted by Gasteiger charge is 2.13. The Morgan fingerprint density at radius 2 is 1.97 bits per heavy atom. The SMILES string of the molecule is CCOc1ccc(C=NNC(=O)c2cc3cc([N+](=O)[O-])ccc3s2)c(OCC)c1. The van der Waals surface area contributed by atoms with E-state index in [9.17, 15) is 14.9 Å². The summed E-state index contributed by atoms with van der Waals surface area (Å²) < 4.78 is 11.9. The normalized spacial score (nSPS) is 11.0. The number of nitro benzene ring substituents is 1. The monoisotopic (exact) mass is 413 g/mol. The van der Waals surface area contributed by atoms with Gasteiger partial charge in [0.2, 0.25) is 0 Å². The van der Waals surface area contributed by atoms with E-state index in [0.29, 0.717) is 40.5 Å². The van der Waals surface area contributed by atoms with Gasteiger partial charge in [0, 0.05) is 33.8 Å². The molecular formula is C20H19N3O5S. The molecule has 3 rings (SSSR count). The van der Waals surface area contributed by atoms with E-state index in [4.69, 9.17) is 9.47 Å². The third-order valence-electron chi connectivity index (χ3n) is 3.90. The van der Waals surface area contributed by atoms with Crippen LogP contribution >= 0.6 is 11.3 Å². The molecule has 0 atom stereocenters. The molecule has 0 aliphatic rings. The molecule has 3 aromatic rings. The van der Waals surface area contributed by atoms with E-state index in [-0.39, 0.29) is 5.69 Å². The van der Waals surface area contributed by atoms with Crippen molar-refractivity contribution in [3.8, 4) is 11.5 Å². The average Bonchev–Trinajstić information content (AvgIpc) is 3.13. The molecule has 150 valence electrons. The summed E-state index contributed by atoms with van der Waals surface area (Å²) in [4.78, 5) is 23.2. The number of non-ortho nitro benzene ring substituents is 1. The van der Waals surface area contributed by atoms with Gasteiger partial charge in [-0.1, -0.05) is 0 Å². The molecule has 0 aliphatic carbocycles. The Morgan fingerprint density at radius 3 is 2.69 bits per heavy atom. The minimum Gasteiger partial charge on any atom is -0.494 e. The number of thiophene rings is 1. The first-order valence-electron chi connectivity index (χ1n) is 8.92. The summed E-state index contributed by atoms with van der Waals surface area (Å²) in [6.07, 6.45) is 1.50. The molecule has 29 heavy (non-hydrogen) atoms. The molecule has 9 heteroatoms. The zero-order chi connectivity index (χ0) is 20.8. The van der Waals surface area contributed by atoms with Crippen molar-refractivity contribution in [1.82, 2.24) is 5.43 Å². The van der Waals surface area contributed by atoms with Crippen molar-refractivity contribution < 1.29 is 19.2 Å². The molecule has 1 heterocycles. The summed E-state index contributed by atoms with van der Waals surface area (Å²) in [5, 5.41) is 15.5. The first-order chi connectivity index (χ1) is 14.0. The predicted octanol–water partition coefficient (Wildman–Crippen LogP) is 4.37. The van der Waals surface area contributed by atoms with Gasteiger partial charge in [-0.3, -0.25) is 14.9 Å². The van der Waals surface area contributed by atoms with Crippen LogP contribution in [0.3, 0.4) is 0 Å². The third kappa shape index (κ3) is 4.88. The van der Waals surface area contributed by atoms with Crippen molar-refractivity contribution in [1.29, 1.82) is 0 Å². The van der Waals surface area contributed by atoms with Crippen LogP contribution in [0, 0.1) is 10.1 Å². The van der Waals surface area contributed by atoms with E-state index < -0.39 is 10.8 Å². The van der Waals surface area contributed by atoms with Gasteiger partial charge in [-0.25, -0.2) is 5.43 Å². The van der Waals surface area contributed by atoms with Crippen LogP contribution < -0.4 is 14.9 Å². The van der Waals surface area contributed by atoms with Gasteiger partial charge in [-0.15, -0.1) is 11.3 Å². The van der Waals surface area contributed by atoms with Crippen molar-refractivity contribution in [2.24, 2.45) is 5.10 Å². The molecule has 1 N–H and O–H groups in total. The topological polar surface area (TPSA) is 103 Å². The number of nitrogens with one attached hydrogen (secondary N) is 1. The van der Waals surface area contributed by atoms with Crippen LogP contribution in [-0.4, -0.2) is 30.3 Å². The molecule has 0 spiro atoms. The van der Waals surface area contributed by atoms with E-state index >= 15 is 0 Å². The summed E-state index contributed by atoms with van der Waals surface area (Å²) in [6.45, 7) is 4.81. The van der Waals surface area contributed by atoms with E-state index in [1.807, 2.05) is 13.8 Å². The average molecular weight is 413 g/mol. The maximum absolute atomic E-state index is 12.4. The Bertz CT molecular complexity index is 1080. The van der Waals surface area contributed by atoms with Crippen LogP contribution in [0.15, 0.2) is 47.6 Å². The van der Waals surface area contributed by atoms with Crippen molar-refractivity contribution in [2.75, 3.05) is 13.2 Å². The number of fused-ring (bicyclic) bond motifs is 1. The quantitative estimate of drug-likeness (QED) is 0.335. The van der Waals surface area contributed by atoms with E-state index in [1.165, 1.54) is 29.7 Å². The van der Waals surface area contributed by atoms with Crippen LogP contribution in [0.5, 0.6) is 11.5 Å². The highest BCUT2D eigenvalue weighted by molar-refractivity contribution is 7.20. The number of carbonyl (C=O) groups excluding carboxylic acids is 1. The lowest BCUT2D eigenvalue weighted by atomic mass is 10.2. The second-order valence-corrected chi connectivity index (χ2v) is 6.94.